The van der Waals surface area contributed by atoms with Gasteiger partial charge in [0.1, 0.15) is 0 Å². The summed E-state index contributed by atoms with van der Waals surface area (Å²) in [5.74, 6) is 0. The summed E-state index contributed by atoms with van der Waals surface area (Å²) in [6, 6.07) is 6.17. The zero-order valence-corrected chi connectivity index (χ0v) is 8.65. The zero-order chi connectivity index (χ0) is 5.11. The fourth-order valence-corrected chi connectivity index (χ4v) is 0.425. The molecule has 1 rings (SSSR count). The number of thiol groups is 1. The van der Waals surface area contributed by atoms with E-state index in [0.717, 1.165) is 0 Å². The number of rotatable bonds is 0. The molecule has 0 amide bonds. The fraction of sp³-hybridized carbons (Fsp3) is 0. The molecular weight excluding hydrogens is 165 g/mol. The molecule has 0 aliphatic carbocycles. The van der Waals surface area contributed by atoms with Gasteiger partial charge in [0, 0.05) is 5.15 Å². The van der Waals surface area contributed by atoms with Gasteiger partial charge in [-0.25, -0.2) is 12.1 Å². The second-order valence-corrected chi connectivity index (χ2v) is 1.43. The standard InChI is InChI=1S/C5H3ClN.Na.H2S/c6-5-3-1-2-4-7-5;;/h1-2,4H;;1H2/q-1;+1;/p-1. The molecule has 0 saturated heterocycles. The summed E-state index contributed by atoms with van der Waals surface area (Å²) in [7, 11) is 0. The summed E-state index contributed by atoms with van der Waals surface area (Å²) in [5, 5.41) is 0.419. The van der Waals surface area contributed by atoms with Crippen molar-refractivity contribution in [3.63, 3.8) is 0 Å². The minimum atomic E-state index is 0. The molecule has 1 nitrogen and oxygen atoms in total. The van der Waals surface area contributed by atoms with Crippen LogP contribution in [-0.4, -0.2) is 4.98 Å². The van der Waals surface area contributed by atoms with Gasteiger partial charge in [-0.05, 0) is 0 Å². The smallest absolute Gasteiger partial charge is 0.813 e. The minimum Gasteiger partial charge on any atom is -0.813 e. The van der Waals surface area contributed by atoms with E-state index in [1.165, 1.54) is 0 Å². The maximum absolute atomic E-state index is 5.37. The van der Waals surface area contributed by atoms with Gasteiger partial charge in [-0.15, -0.1) is 0 Å². The molecule has 1 aromatic heterocycles. The average molecular weight is 169 g/mol. The van der Waals surface area contributed by atoms with Crippen LogP contribution in [0.3, 0.4) is 0 Å². The molecule has 0 fully saturated rings. The quantitative estimate of drug-likeness (QED) is 0.150. The molecule has 0 atom stereocenters. The van der Waals surface area contributed by atoms with Crippen LogP contribution in [0.15, 0.2) is 18.3 Å². The third-order valence-corrected chi connectivity index (χ3v) is 0.779. The molecule has 0 radical (unpaired) electrons. The molecule has 0 aromatic carbocycles. The molecule has 4 heteroatoms. The van der Waals surface area contributed by atoms with Crippen LogP contribution in [0.5, 0.6) is 0 Å². The van der Waals surface area contributed by atoms with Crippen LogP contribution in [0.1, 0.15) is 0 Å². The Morgan fingerprint density at radius 3 is 2.44 bits per heavy atom. The van der Waals surface area contributed by atoms with E-state index in [1.807, 2.05) is 0 Å². The Morgan fingerprint density at radius 1 is 1.56 bits per heavy atom. The summed E-state index contributed by atoms with van der Waals surface area (Å²) in [6.45, 7) is 0. The maximum atomic E-state index is 5.37. The van der Waals surface area contributed by atoms with Gasteiger partial charge in [0.05, 0.1) is 0 Å². The molecule has 0 unspecified atom stereocenters. The normalized spacial score (nSPS) is 6.78. The molecule has 1 aromatic rings. The number of hydrogen-bond acceptors (Lipinski definition) is 2. The van der Waals surface area contributed by atoms with Gasteiger partial charge in [-0.2, -0.15) is 6.07 Å². The van der Waals surface area contributed by atoms with E-state index in [-0.39, 0.29) is 43.1 Å². The van der Waals surface area contributed by atoms with Gasteiger partial charge in [0.2, 0.25) is 0 Å². The molecule has 0 N–H and O–H groups in total. The topological polar surface area (TPSA) is 12.9 Å². The maximum Gasteiger partial charge on any atom is 1.00 e. The van der Waals surface area contributed by atoms with Crippen LogP contribution in [0, 0.1) is 6.07 Å². The van der Waals surface area contributed by atoms with Crippen LogP contribution in [-0.2, 0) is 13.5 Å². The van der Waals surface area contributed by atoms with E-state index in [1.54, 1.807) is 18.3 Å². The van der Waals surface area contributed by atoms with E-state index < -0.39 is 0 Å². The van der Waals surface area contributed by atoms with Gasteiger partial charge >= 0.3 is 29.6 Å². The zero-order valence-electron chi connectivity index (χ0n) is 5.00. The molecule has 0 saturated carbocycles. The Labute approximate surface area is 88.6 Å². The van der Waals surface area contributed by atoms with Crippen molar-refractivity contribution in [1.29, 1.82) is 0 Å². The Balaban J connectivity index is 0. The van der Waals surface area contributed by atoms with Gasteiger partial charge in [0.15, 0.2) is 0 Å². The van der Waals surface area contributed by atoms with Crippen molar-refractivity contribution in [1.82, 2.24) is 4.98 Å². The van der Waals surface area contributed by atoms with Crippen LogP contribution in [0.4, 0.5) is 0 Å². The first-order valence-electron chi connectivity index (χ1n) is 1.88. The van der Waals surface area contributed by atoms with E-state index in [4.69, 9.17) is 11.6 Å². The van der Waals surface area contributed by atoms with Crippen LogP contribution < -0.4 is 29.6 Å². The first kappa shape index (κ1) is 12.5. The third-order valence-electron chi connectivity index (χ3n) is 0.573. The third kappa shape index (κ3) is 5.25. The van der Waals surface area contributed by atoms with Crippen molar-refractivity contribution in [3.05, 3.63) is 29.5 Å². The molecule has 9 heavy (non-hydrogen) atoms. The summed E-state index contributed by atoms with van der Waals surface area (Å²) in [5.41, 5.74) is 0. The largest absolute Gasteiger partial charge is 1.00 e. The van der Waals surface area contributed by atoms with E-state index in [9.17, 15) is 0 Å². The molecule has 0 aliphatic heterocycles. The van der Waals surface area contributed by atoms with E-state index >= 15 is 0 Å². The van der Waals surface area contributed by atoms with Crippen LogP contribution >= 0.6 is 11.6 Å². The first-order valence-corrected chi connectivity index (χ1v) is 2.25. The molecule has 0 aliphatic rings. The van der Waals surface area contributed by atoms with Gasteiger partial charge in [0.25, 0.3) is 0 Å². The predicted octanol–water partition coefficient (Wildman–Crippen LogP) is -1.73. The van der Waals surface area contributed by atoms with Crippen molar-refractivity contribution in [3.8, 4) is 0 Å². The van der Waals surface area contributed by atoms with Crippen molar-refractivity contribution < 1.29 is 29.6 Å². The number of hydrogen-bond donors (Lipinski definition) is 0. The SMILES string of the molecule is Clc1[c-]cccn1.[Na+].[SH-]. The number of pyridine rings is 1. The van der Waals surface area contributed by atoms with Crippen molar-refractivity contribution >= 4 is 25.1 Å². The average Bonchev–Trinajstić information content (AvgIpc) is 1.69. The summed E-state index contributed by atoms with van der Waals surface area (Å²) >= 11 is 5.37. The first-order chi connectivity index (χ1) is 3.39. The monoisotopic (exact) mass is 168 g/mol. The predicted molar refractivity (Wildman–Crippen MR) is 36.8 cm³/mol. The van der Waals surface area contributed by atoms with Gasteiger partial charge in [-0.1, -0.05) is 17.8 Å². The molecular formula is C5H4ClNNaS-. The fourth-order valence-electron chi connectivity index (χ4n) is 0.306. The van der Waals surface area contributed by atoms with Crippen molar-refractivity contribution in [2.75, 3.05) is 0 Å². The van der Waals surface area contributed by atoms with E-state index in [0.29, 0.717) is 5.15 Å². The molecule has 0 bridgehead atoms. The molecule has 1 heterocycles. The number of aromatic nitrogens is 1. The Hall–Kier alpha value is 0.790. The summed E-state index contributed by atoms with van der Waals surface area (Å²) in [4.78, 5) is 3.69. The minimum absolute atomic E-state index is 0. The van der Waals surface area contributed by atoms with Crippen molar-refractivity contribution in [2.24, 2.45) is 0 Å². The van der Waals surface area contributed by atoms with Gasteiger partial charge < -0.3 is 13.5 Å². The molecule has 0 spiro atoms. The summed E-state index contributed by atoms with van der Waals surface area (Å²) < 4.78 is 0. The number of nitrogens with zero attached hydrogens (tertiary/aromatic N) is 1. The second-order valence-electron chi connectivity index (χ2n) is 1.07. The Kier molecular flexibility index (Phi) is 9.56. The molecule has 44 valence electrons. The summed E-state index contributed by atoms with van der Waals surface area (Å²) in [6.07, 6.45) is 1.62. The van der Waals surface area contributed by atoms with Gasteiger partial charge in [-0.3, -0.25) is 4.98 Å². The Morgan fingerprint density at radius 2 is 2.22 bits per heavy atom. The number of halogens is 1. The van der Waals surface area contributed by atoms with Crippen LogP contribution in [0.25, 0.3) is 0 Å². The van der Waals surface area contributed by atoms with Crippen molar-refractivity contribution in [2.45, 2.75) is 0 Å². The second kappa shape index (κ2) is 6.90. The Bertz CT molecular complexity index is 147. The van der Waals surface area contributed by atoms with E-state index in [2.05, 4.69) is 11.1 Å². The van der Waals surface area contributed by atoms with Crippen LogP contribution in [0.2, 0.25) is 5.15 Å².